The van der Waals surface area contributed by atoms with Crippen LogP contribution in [0.3, 0.4) is 0 Å². The quantitative estimate of drug-likeness (QED) is 0.719. The van der Waals surface area contributed by atoms with Gasteiger partial charge < -0.3 is 14.9 Å². The maximum absolute atomic E-state index is 12.9. The van der Waals surface area contributed by atoms with Crippen molar-refractivity contribution in [1.82, 2.24) is 9.13 Å². The molecular weight excluding hydrogens is 352 g/mol. The highest BCUT2D eigenvalue weighted by molar-refractivity contribution is 5.95. The summed E-state index contributed by atoms with van der Waals surface area (Å²) in [5, 5.41) is 19.2. The Hall–Kier alpha value is -2.99. The van der Waals surface area contributed by atoms with Crippen molar-refractivity contribution in [3.8, 4) is 11.8 Å². The van der Waals surface area contributed by atoms with Crippen molar-refractivity contribution in [2.45, 2.75) is 31.8 Å². The summed E-state index contributed by atoms with van der Waals surface area (Å²) >= 11 is 0. The van der Waals surface area contributed by atoms with Crippen LogP contribution >= 0.6 is 0 Å². The lowest BCUT2D eigenvalue weighted by molar-refractivity contribution is -0.0462. The number of aliphatic hydroxyl groups is 2. The van der Waals surface area contributed by atoms with Crippen LogP contribution in [0, 0.1) is 11.8 Å². The van der Waals surface area contributed by atoms with Crippen LogP contribution in [0.5, 0.6) is 0 Å². The fourth-order valence-electron chi connectivity index (χ4n) is 2.94. The third-order valence-electron chi connectivity index (χ3n) is 4.29. The molecule has 0 bridgehead atoms. The average molecular weight is 370 g/mol. The summed E-state index contributed by atoms with van der Waals surface area (Å²) in [7, 11) is 0. The van der Waals surface area contributed by atoms with E-state index in [4.69, 9.17) is 4.74 Å². The van der Waals surface area contributed by atoms with Crippen molar-refractivity contribution < 1.29 is 19.7 Å². The summed E-state index contributed by atoms with van der Waals surface area (Å²) in [6, 6.07) is 7.94. The molecule has 140 valence electrons. The van der Waals surface area contributed by atoms with Gasteiger partial charge in [0.05, 0.1) is 12.7 Å². The van der Waals surface area contributed by atoms with E-state index in [-0.39, 0.29) is 17.5 Å². The summed E-state index contributed by atoms with van der Waals surface area (Å²) in [6.07, 6.45) is -1.52. The second-order valence-corrected chi connectivity index (χ2v) is 6.03. The van der Waals surface area contributed by atoms with Gasteiger partial charge in [0.25, 0.3) is 11.5 Å². The number of carbonyl (C=O) groups excluding carboxylic acids is 1. The number of benzene rings is 1. The van der Waals surface area contributed by atoms with E-state index in [0.29, 0.717) is 4.57 Å². The maximum atomic E-state index is 12.9. The minimum atomic E-state index is -0.974. The number of aromatic nitrogens is 2. The first-order valence-electron chi connectivity index (χ1n) is 8.33. The molecule has 0 radical (unpaired) electrons. The van der Waals surface area contributed by atoms with Crippen LogP contribution in [0.4, 0.5) is 0 Å². The highest BCUT2D eigenvalue weighted by Gasteiger charge is 2.36. The molecule has 8 heteroatoms. The third kappa shape index (κ3) is 3.48. The van der Waals surface area contributed by atoms with Gasteiger partial charge in [-0.2, -0.15) is 4.57 Å². The van der Waals surface area contributed by atoms with Crippen molar-refractivity contribution in [2.75, 3.05) is 6.61 Å². The zero-order chi connectivity index (χ0) is 19.6. The predicted octanol–water partition coefficient (Wildman–Crippen LogP) is -0.289. The predicted molar refractivity (Wildman–Crippen MR) is 95.3 cm³/mol. The molecule has 0 spiro atoms. The molecule has 3 rings (SSSR count). The molecule has 0 aliphatic carbocycles. The summed E-state index contributed by atoms with van der Waals surface area (Å²) in [5.41, 5.74) is -1.60. The third-order valence-corrected chi connectivity index (χ3v) is 4.29. The summed E-state index contributed by atoms with van der Waals surface area (Å²) in [5.74, 6) is 4.38. The Morgan fingerprint density at radius 3 is 2.59 bits per heavy atom. The van der Waals surface area contributed by atoms with Crippen LogP contribution in [0.15, 0.2) is 46.1 Å². The Labute approximate surface area is 154 Å². The molecule has 1 aliphatic rings. The molecule has 2 heterocycles. The van der Waals surface area contributed by atoms with Gasteiger partial charge in [0.1, 0.15) is 17.9 Å². The fraction of sp³-hybridized carbons (Fsp3) is 0.316. The molecule has 2 N–H and O–H groups in total. The van der Waals surface area contributed by atoms with Crippen LogP contribution in [0.1, 0.15) is 35.5 Å². The first-order chi connectivity index (χ1) is 13.0. The van der Waals surface area contributed by atoms with E-state index in [9.17, 15) is 24.6 Å². The lowest BCUT2D eigenvalue weighted by atomic mass is 10.2. The van der Waals surface area contributed by atoms with Crippen molar-refractivity contribution in [1.29, 1.82) is 0 Å². The van der Waals surface area contributed by atoms with Crippen molar-refractivity contribution >= 4 is 5.91 Å². The van der Waals surface area contributed by atoms with Crippen LogP contribution in [-0.2, 0) is 4.74 Å². The molecule has 1 unspecified atom stereocenters. The van der Waals surface area contributed by atoms with Gasteiger partial charge in [0, 0.05) is 18.2 Å². The van der Waals surface area contributed by atoms with Gasteiger partial charge in [-0.3, -0.25) is 14.2 Å². The molecule has 1 aromatic carbocycles. The monoisotopic (exact) mass is 370 g/mol. The van der Waals surface area contributed by atoms with Crippen LogP contribution in [0.25, 0.3) is 0 Å². The molecule has 3 atom stereocenters. The molecule has 0 amide bonds. The van der Waals surface area contributed by atoms with Crippen molar-refractivity contribution in [2.24, 2.45) is 0 Å². The van der Waals surface area contributed by atoms with Crippen molar-refractivity contribution in [3.63, 3.8) is 0 Å². The number of hydrogen-bond donors (Lipinski definition) is 2. The van der Waals surface area contributed by atoms with Crippen LogP contribution in [0.2, 0.25) is 0 Å². The second-order valence-electron chi connectivity index (χ2n) is 6.03. The minimum Gasteiger partial charge on any atom is -0.394 e. The summed E-state index contributed by atoms with van der Waals surface area (Å²) in [4.78, 5) is 38.3. The molecule has 1 aliphatic heterocycles. The Bertz CT molecular complexity index is 1030. The van der Waals surface area contributed by atoms with E-state index in [1.54, 1.807) is 18.2 Å². The topological polar surface area (TPSA) is 111 Å². The standard InChI is InChI=1S/C19H18N2O6/c1-2-6-13-10-20(16-9-14(23)15(11-22)27-16)19(26)21(18(13)25)17(24)12-7-4-3-5-8-12/h3-5,7-8,10,14-16,22-23H,9,11H2,1H3/t14?,15-,16-/m0/s1. The van der Waals surface area contributed by atoms with Gasteiger partial charge in [-0.15, -0.1) is 5.92 Å². The lowest BCUT2D eigenvalue weighted by Crippen LogP contribution is -2.45. The highest BCUT2D eigenvalue weighted by atomic mass is 16.5. The van der Waals surface area contributed by atoms with Gasteiger partial charge in [0.2, 0.25) is 0 Å². The molecule has 1 fully saturated rings. The number of rotatable bonds is 3. The van der Waals surface area contributed by atoms with E-state index in [2.05, 4.69) is 11.8 Å². The zero-order valence-corrected chi connectivity index (χ0v) is 14.5. The number of nitrogens with zero attached hydrogens (tertiary/aromatic N) is 2. The van der Waals surface area contributed by atoms with Gasteiger partial charge in [-0.05, 0) is 19.1 Å². The molecule has 1 aromatic heterocycles. The van der Waals surface area contributed by atoms with Gasteiger partial charge in [-0.1, -0.05) is 24.1 Å². The number of ether oxygens (including phenoxy) is 1. The molecule has 2 aromatic rings. The van der Waals surface area contributed by atoms with E-state index in [1.165, 1.54) is 25.3 Å². The van der Waals surface area contributed by atoms with Gasteiger partial charge in [-0.25, -0.2) is 4.79 Å². The summed E-state index contributed by atoms with van der Waals surface area (Å²) in [6.45, 7) is 1.10. The van der Waals surface area contributed by atoms with E-state index >= 15 is 0 Å². The fourth-order valence-corrected chi connectivity index (χ4v) is 2.94. The Morgan fingerprint density at radius 2 is 2.00 bits per heavy atom. The van der Waals surface area contributed by atoms with Crippen LogP contribution in [-0.4, -0.2) is 44.1 Å². The smallest absolute Gasteiger partial charge is 0.340 e. The molecule has 8 nitrogen and oxygen atoms in total. The Morgan fingerprint density at radius 1 is 1.30 bits per heavy atom. The van der Waals surface area contributed by atoms with Crippen LogP contribution < -0.4 is 11.2 Å². The average Bonchev–Trinajstić information content (AvgIpc) is 3.05. The van der Waals surface area contributed by atoms with E-state index in [0.717, 1.165) is 4.57 Å². The first-order valence-corrected chi connectivity index (χ1v) is 8.33. The first kappa shape index (κ1) is 18.8. The SMILES string of the molecule is CC#Cc1cn([C@@H]2CC(O)[C@H](CO)O2)c(=O)n(C(=O)c2ccccc2)c1=O. The summed E-state index contributed by atoms with van der Waals surface area (Å²) < 4.78 is 7.06. The molecule has 27 heavy (non-hydrogen) atoms. The van der Waals surface area contributed by atoms with Gasteiger partial charge in [0.15, 0.2) is 0 Å². The normalized spacial score (nSPS) is 21.5. The van der Waals surface area contributed by atoms with Crippen molar-refractivity contribution in [3.05, 3.63) is 68.5 Å². The molecular formula is C19H18N2O6. The van der Waals surface area contributed by atoms with E-state index < -0.39 is 42.2 Å². The largest absolute Gasteiger partial charge is 0.394 e. The molecule has 1 saturated heterocycles. The Balaban J connectivity index is 2.17. The number of aliphatic hydroxyl groups excluding tert-OH is 2. The number of hydrogen-bond acceptors (Lipinski definition) is 6. The van der Waals surface area contributed by atoms with E-state index in [1.807, 2.05) is 0 Å². The lowest BCUT2D eigenvalue weighted by Gasteiger charge is -2.16. The second kappa shape index (κ2) is 7.72. The maximum Gasteiger partial charge on any atom is 0.340 e. The minimum absolute atomic E-state index is 0.0296. The Kier molecular flexibility index (Phi) is 5.37. The molecule has 0 saturated carbocycles. The van der Waals surface area contributed by atoms with Gasteiger partial charge >= 0.3 is 5.69 Å². The number of carbonyl (C=O) groups is 1. The highest BCUT2D eigenvalue weighted by Crippen LogP contribution is 2.27. The zero-order valence-electron chi connectivity index (χ0n) is 14.5.